The summed E-state index contributed by atoms with van der Waals surface area (Å²) in [5.41, 5.74) is 17.0. The molecule has 0 radical (unpaired) electrons. The van der Waals surface area contributed by atoms with E-state index in [1.165, 1.54) is 88.0 Å². The Morgan fingerprint density at radius 3 is 1.44 bits per heavy atom. The Kier molecular flexibility index (Phi) is 6.96. The molecule has 1 aliphatic rings. The summed E-state index contributed by atoms with van der Waals surface area (Å²) in [5.74, 6) is 0.939. The Hall–Kier alpha value is -7.55. The Balaban J connectivity index is 1.14. The summed E-state index contributed by atoms with van der Waals surface area (Å²) in [6, 6.07) is 75.0. The first-order valence-electron chi connectivity index (χ1n) is 19.6. The van der Waals surface area contributed by atoms with E-state index in [1.54, 1.807) is 0 Å². The first-order valence-corrected chi connectivity index (χ1v) is 19.6. The van der Waals surface area contributed by atoms with Crippen molar-refractivity contribution in [2.75, 3.05) is 0 Å². The van der Waals surface area contributed by atoms with E-state index in [9.17, 15) is 0 Å². The van der Waals surface area contributed by atoms with Crippen LogP contribution in [0.3, 0.4) is 0 Å². The van der Waals surface area contributed by atoms with Crippen molar-refractivity contribution in [3.63, 3.8) is 0 Å². The van der Waals surface area contributed by atoms with Crippen molar-refractivity contribution in [1.29, 1.82) is 0 Å². The van der Waals surface area contributed by atoms with Crippen LogP contribution in [-0.2, 0) is 0 Å². The molecule has 12 rings (SSSR count). The molecule has 264 valence electrons. The van der Waals surface area contributed by atoms with Crippen molar-refractivity contribution in [3.8, 4) is 72.7 Å². The normalized spacial score (nSPS) is 11.9. The summed E-state index contributed by atoms with van der Waals surface area (Å²) in [5, 5.41) is 7.52. The summed E-state index contributed by atoms with van der Waals surface area (Å²) in [6.45, 7) is 0. The van der Waals surface area contributed by atoms with Crippen LogP contribution < -0.4 is 0 Å². The molecular weight excluding hydrogens is 689 g/mol. The van der Waals surface area contributed by atoms with Crippen LogP contribution in [-0.4, -0.2) is 9.55 Å². The van der Waals surface area contributed by atoms with Gasteiger partial charge in [0.25, 0.3) is 0 Å². The molecule has 0 bridgehead atoms. The van der Waals surface area contributed by atoms with E-state index < -0.39 is 0 Å². The molecule has 0 amide bonds. The third-order valence-electron chi connectivity index (χ3n) is 11.9. The minimum absolute atomic E-state index is 0.939. The highest BCUT2D eigenvalue weighted by atomic mass is 15.1. The Labute approximate surface area is 330 Å². The fraction of sp³-hybridized carbons (Fsp3) is 0. The smallest absolute Gasteiger partial charge is 0.145 e. The maximum Gasteiger partial charge on any atom is 0.145 e. The second-order valence-corrected chi connectivity index (χ2v) is 15.0. The van der Waals surface area contributed by atoms with Gasteiger partial charge in [0.2, 0.25) is 0 Å². The van der Waals surface area contributed by atoms with Gasteiger partial charge in [-0.2, -0.15) is 0 Å². The highest BCUT2D eigenvalue weighted by Gasteiger charge is 2.31. The number of para-hydroxylation sites is 2. The second kappa shape index (κ2) is 12.5. The highest BCUT2D eigenvalue weighted by molar-refractivity contribution is 6.29. The lowest BCUT2D eigenvalue weighted by molar-refractivity contribution is 1.11. The summed E-state index contributed by atoms with van der Waals surface area (Å²) < 4.78 is 2.34. The fourth-order valence-corrected chi connectivity index (χ4v) is 9.61. The molecular formula is C55H34N2. The van der Waals surface area contributed by atoms with Crippen LogP contribution in [0, 0.1) is 0 Å². The molecule has 57 heavy (non-hydrogen) atoms. The fourth-order valence-electron chi connectivity index (χ4n) is 9.61. The van der Waals surface area contributed by atoms with Crippen LogP contribution in [0.2, 0.25) is 0 Å². The molecule has 2 heteroatoms. The number of aromatic nitrogens is 2. The second-order valence-electron chi connectivity index (χ2n) is 15.0. The number of nitrogens with zero attached hydrogens (tertiary/aromatic N) is 2. The molecule has 0 unspecified atom stereocenters. The number of rotatable bonds is 5. The van der Waals surface area contributed by atoms with Gasteiger partial charge in [0.15, 0.2) is 0 Å². The van der Waals surface area contributed by atoms with Gasteiger partial charge in [0, 0.05) is 10.9 Å². The summed E-state index contributed by atoms with van der Waals surface area (Å²) in [6.07, 6.45) is 0. The monoisotopic (exact) mass is 722 g/mol. The van der Waals surface area contributed by atoms with Gasteiger partial charge in [-0.05, 0) is 101 Å². The van der Waals surface area contributed by atoms with E-state index in [0.29, 0.717) is 0 Å². The van der Waals surface area contributed by atoms with E-state index in [4.69, 9.17) is 4.98 Å². The van der Waals surface area contributed by atoms with Gasteiger partial charge in [-0.25, -0.2) is 4.98 Å². The van der Waals surface area contributed by atoms with Gasteiger partial charge in [0.1, 0.15) is 5.82 Å². The first kappa shape index (κ1) is 31.8. The first-order chi connectivity index (χ1) is 28.3. The van der Waals surface area contributed by atoms with Crippen molar-refractivity contribution < 1.29 is 0 Å². The molecule has 1 aromatic heterocycles. The van der Waals surface area contributed by atoms with Gasteiger partial charge < -0.3 is 0 Å². The summed E-state index contributed by atoms with van der Waals surface area (Å²) in [7, 11) is 0. The van der Waals surface area contributed by atoms with Crippen molar-refractivity contribution >= 4 is 43.4 Å². The van der Waals surface area contributed by atoms with Gasteiger partial charge in [0.05, 0.1) is 16.7 Å². The molecule has 0 N–H and O–H groups in total. The topological polar surface area (TPSA) is 17.8 Å². The minimum Gasteiger partial charge on any atom is -0.292 e. The summed E-state index contributed by atoms with van der Waals surface area (Å²) in [4.78, 5) is 5.17. The lowest BCUT2D eigenvalue weighted by Gasteiger charge is -2.20. The van der Waals surface area contributed by atoms with Gasteiger partial charge in [-0.1, -0.05) is 188 Å². The average Bonchev–Trinajstić information content (AvgIpc) is 3.83. The zero-order valence-electron chi connectivity index (χ0n) is 31.0. The van der Waals surface area contributed by atoms with Gasteiger partial charge >= 0.3 is 0 Å². The zero-order valence-corrected chi connectivity index (χ0v) is 31.0. The predicted molar refractivity (Wildman–Crippen MR) is 240 cm³/mol. The lowest BCUT2D eigenvalue weighted by atomic mass is 9.82. The van der Waals surface area contributed by atoms with Gasteiger partial charge in [-0.15, -0.1) is 0 Å². The van der Waals surface area contributed by atoms with Crippen LogP contribution in [0.1, 0.15) is 0 Å². The molecule has 0 saturated carbocycles. The molecule has 0 fully saturated rings. The average molecular weight is 723 g/mol. The Morgan fingerprint density at radius 1 is 0.298 bits per heavy atom. The largest absolute Gasteiger partial charge is 0.292 e. The number of fused-ring (bicyclic) bond motifs is 6. The van der Waals surface area contributed by atoms with Crippen LogP contribution >= 0.6 is 0 Å². The molecule has 2 nitrogen and oxygen atoms in total. The Morgan fingerprint density at radius 2 is 0.772 bits per heavy atom. The third kappa shape index (κ3) is 4.68. The molecule has 1 aliphatic carbocycles. The van der Waals surface area contributed by atoms with Gasteiger partial charge in [-0.3, -0.25) is 4.57 Å². The van der Waals surface area contributed by atoms with E-state index in [1.807, 2.05) is 0 Å². The van der Waals surface area contributed by atoms with Crippen LogP contribution in [0.4, 0.5) is 0 Å². The van der Waals surface area contributed by atoms with E-state index >= 15 is 0 Å². The molecule has 0 aliphatic heterocycles. The number of benzene rings is 10. The minimum atomic E-state index is 0.939. The maximum absolute atomic E-state index is 5.17. The van der Waals surface area contributed by atoms with Crippen LogP contribution in [0.15, 0.2) is 206 Å². The van der Waals surface area contributed by atoms with Crippen molar-refractivity contribution in [2.24, 2.45) is 0 Å². The van der Waals surface area contributed by atoms with E-state index in [0.717, 1.165) is 28.1 Å². The molecule has 1 heterocycles. The quantitative estimate of drug-likeness (QED) is 0.173. The summed E-state index contributed by atoms with van der Waals surface area (Å²) >= 11 is 0. The highest BCUT2D eigenvalue weighted by Crippen LogP contribution is 2.58. The van der Waals surface area contributed by atoms with Crippen LogP contribution in [0.5, 0.6) is 0 Å². The van der Waals surface area contributed by atoms with Crippen molar-refractivity contribution in [3.05, 3.63) is 206 Å². The van der Waals surface area contributed by atoms with Crippen molar-refractivity contribution in [1.82, 2.24) is 9.55 Å². The number of hydrogen-bond donors (Lipinski definition) is 0. The molecule has 10 aromatic carbocycles. The molecule has 11 aromatic rings. The van der Waals surface area contributed by atoms with E-state index in [2.05, 4.69) is 211 Å². The third-order valence-corrected chi connectivity index (χ3v) is 11.9. The SMILES string of the molecule is c1ccc(-c2c3c(c(-c4ccccc4)c4ccccc24)-c2ccc(-c4ccc(-n5c(-c6ccccc6)nc6ccccc65)c5ccccc45)c4cccc-3c24)cc1. The zero-order chi connectivity index (χ0) is 37.5. The Bertz CT molecular complexity index is 3290. The molecule has 0 spiro atoms. The van der Waals surface area contributed by atoms with Crippen LogP contribution in [0.25, 0.3) is 116 Å². The number of imidazole rings is 1. The number of hydrogen-bond acceptors (Lipinski definition) is 1. The molecule has 0 saturated heterocycles. The standard InChI is InChI=1S/C55H34N2/c1-4-17-35(18-5-1)50-43-25-12-13-26-44(43)51(36-19-6-2-7-20-36)54-46-32-31-40(42-27-16-28-45(52(42)46)53(50)54)39-33-34-48(41-24-11-10-23-38(39)41)57-49-30-15-14-29-47(49)56-55(57)37-21-8-3-9-22-37/h1-34H. The predicted octanol–water partition coefficient (Wildman–Crippen LogP) is 14.8. The van der Waals surface area contributed by atoms with E-state index in [-0.39, 0.29) is 0 Å². The molecule has 0 atom stereocenters. The maximum atomic E-state index is 5.17. The lowest BCUT2D eigenvalue weighted by Crippen LogP contribution is -1.99. The van der Waals surface area contributed by atoms with Crippen molar-refractivity contribution in [2.45, 2.75) is 0 Å².